The maximum Gasteiger partial charge on any atom is 0.408 e. The first-order chi connectivity index (χ1) is 23.0. The van der Waals surface area contributed by atoms with Gasteiger partial charge in [0.15, 0.2) is 0 Å². The number of anilines is 2. The Labute approximate surface area is 293 Å². The van der Waals surface area contributed by atoms with Crippen molar-refractivity contribution in [3.8, 4) is 0 Å². The number of para-hydroxylation sites is 2. The lowest BCUT2D eigenvalue weighted by molar-refractivity contribution is -0.120. The van der Waals surface area contributed by atoms with Crippen molar-refractivity contribution in [3.05, 3.63) is 83.9 Å². The van der Waals surface area contributed by atoms with Crippen LogP contribution in [0.3, 0.4) is 0 Å². The molecule has 0 unspecified atom stereocenters. The number of fused-ring (bicyclic) bond motifs is 2. The second-order valence-corrected chi connectivity index (χ2v) is 15.3. The van der Waals surface area contributed by atoms with Crippen molar-refractivity contribution in [1.29, 1.82) is 0 Å². The van der Waals surface area contributed by atoms with E-state index in [4.69, 9.17) is 9.47 Å². The minimum absolute atomic E-state index is 0.0302. The molecule has 4 amide bonds. The highest BCUT2D eigenvalue weighted by Gasteiger charge is 2.33. The van der Waals surface area contributed by atoms with E-state index in [0.29, 0.717) is 22.8 Å². The normalized spacial score (nSPS) is 17.5. The van der Waals surface area contributed by atoms with Gasteiger partial charge in [-0.25, -0.2) is 18.4 Å². The summed E-state index contributed by atoms with van der Waals surface area (Å²) in [6, 6.07) is 16.5. The highest BCUT2D eigenvalue weighted by Crippen LogP contribution is 2.35. The molecular formula is C35H40F2N4O6S2. The number of hydrogen-bond donors (Lipinski definition) is 3. The number of ether oxygens (including phenoxy) is 2. The van der Waals surface area contributed by atoms with Crippen LogP contribution in [-0.2, 0) is 25.6 Å². The molecule has 3 N–H and O–H groups in total. The highest BCUT2D eigenvalue weighted by molar-refractivity contribution is 7.99. The lowest BCUT2D eigenvalue weighted by atomic mass is 10.1. The quantitative estimate of drug-likeness (QED) is 0.261. The Morgan fingerprint density at radius 3 is 1.92 bits per heavy atom. The average Bonchev–Trinajstić information content (AvgIpc) is 3.21. The van der Waals surface area contributed by atoms with E-state index >= 15 is 0 Å². The first-order valence-electron chi connectivity index (χ1n) is 15.5. The van der Waals surface area contributed by atoms with E-state index in [9.17, 15) is 28.0 Å². The number of nitrogens with zero attached hydrogens (tertiary/aromatic N) is 1. The van der Waals surface area contributed by atoms with Crippen LogP contribution in [0.2, 0.25) is 0 Å². The highest BCUT2D eigenvalue weighted by atomic mass is 32.2. The molecule has 0 bridgehead atoms. The topological polar surface area (TPSA) is 126 Å². The predicted molar refractivity (Wildman–Crippen MR) is 187 cm³/mol. The van der Waals surface area contributed by atoms with Gasteiger partial charge >= 0.3 is 12.2 Å². The zero-order valence-electron chi connectivity index (χ0n) is 28.1. The molecule has 0 aromatic heterocycles. The van der Waals surface area contributed by atoms with Gasteiger partial charge in [-0.2, -0.15) is 0 Å². The van der Waals surface area contributed by atoms with Gasteiger partial charge in [-0.05, 0) is 83.5 Å². The van der Waals surface area contributed by atoms with Crippen LogP contribution in [0.25, 0.3) is 0 Å². The second-order valence-electron chi connectivity index (χ2n) is 13.2. The summed E-state index contributed by atoms with van der Waals surface area (Å²) in [5, 5.41) is 8.03. The Hall–Kier alpha value is -4.30. The van der Waals surface area contributed by atoms with Gasteiger partial charge in [0.25, 0.3) is 5.91 Å². The van der Waals surface area contributed by atoms with Crippen molar-refractivity contribution in [2.24, 2.45) is 0 Å². The van der Waals surface area contributed by atoms with Crippen LogP contribution >= 0.6 is 23.5 Å². The van der Waals surface area contributed by atoms with E-state index in [1.54, 1.807) is 53.7 Å². The number of halogens is 2. The molecule has 0 saturated heterocycles. The Morgan fingerprint density at radius 2 is 1.31 bits per heavy atom. The molecule has 2 atom stereocenters. The molecule has 0 saturated carbocycles. The van der Waals surface area contributed by atoms with E-state index < -0.39 is 47.1 Å². The molecule has 0 aliphatic carbocycles. The Balaban J connectivity index is 0.000000237. The number of carbonyl (C=O) groups is 4. The summed E-state index contributed by atoms with van der Waals surface area (Å²) in [4.78, 5) is 52.5. The molecule has 0 spiro atoms. The average molecular weight is 715 g/mol. The van der Waals surface area contributed by atoms with Crippen molar-refractivity contribution in [3.63, 3.8) is 0 Å². The summed E-state index contributed by atoms with van der Waals surface area (Å²) in [5.41, 5.74) is 0.430. The van der Waals surface area contributed by atoms with E-state index in [1.165, 1.54) is 40.6 Å². The molecule has 2 heterocycles. The third-order valence-electron chi connectivity index (χ3n) is 6.64. The predicted octanol–water partition coefficient (Wildman–Crippen LogP) is 7.12. The molecule has 0 fully saturated rings. The number of rotatable bonds is 4. The summed E-state index contributed by atoms with van der Waals surface area (Å²) in [5.74, 6) is -1.25. The zero-order valence-corrected chi connectivity index (χ0v) is 29.7. The van der Waals surface area contributed by atoms with Crippen LogP contribution in [0, 0.1) is 11.6 Å². The maximum absolute atomic E-state index is 13.6. The van der Waals surface area contributed by atoms with Crippen molar-refractivity contribution in [2.45, 2.75) is 81.2 Å². The summed E-state index contributed by atoms with van der Waals surface area (Å²) in [6.07, 6.45) is -1.27. The Bertz CT molecular complexity index is 1670. The van der Waals surface area contributed by atoms with E-state index in [0.717, 1.165) is 21.5 Å². The number of thioether (sulfide) groups is 2. The van der Waals surface area contributed by atoms with Crippen LogP contribution in [-0.4, -0.2) is 58.8 Å². The van der Waals surface area contributed by atoms with Crippen LogP contribution in [0.5, 0.6) is 0 Å². The third kappa shape index (κ3) is 11.4. The van der Waals surface area contributed by atoms with E-state index in [2.05, 4.69) is 16.0 Å². The lowest BCUT2D eigenvalue weighted by Gasteiger charge is -2.27. The van der Waals surface area contributed by atoms with Crippen molar-refractivity contribution >= 4 is 58.9 Å². The molecule has 5 rings (SSSR count). The monoisotopic (exact) mass is 714 g/mol. The molecule has 14 heteroatoms. The van der Waals surface area contributed by atoms with Crippen molar-refractivity contribution in [2.75, 3.05) is 21.7 Å². The smallest absolute Gasteiger partial charge is 0.408 e. The maximum atomic E-state index is 13.6. The minimum atomic E-state index is -0.847. The molecule has 49 heavy (non-hydrogen) atoms. The summed E-state index contributed by atoms with van der Waals surface area (Å²) in [6.45, 7) is 10.5. The van der Waals surface area contributed by atoms with Gasteiger partial charge in [0, 0.05) is 27.4 Å². The SMILES string of the molecule is CC(C)(C)OC(=O)N[C@H]1CSc2ccccc2N(Cc2cc(F)cc(F)c2)C1=O.CC(C)(C)OC(=O)N[C@H]1CSc2ccccc2NC1=O. The number of nitrogens with one attached hydrogen (secondary N) is 3. The number of benzene rings is 3. The van der Waals surface area contributed by atoms with Gasteiger partial charge in [-0.3, -0.25) is 9.59 Å². The first kappa shape index (κ1) is 37.5. The van der Waals surface area contributed by atoms with Gasteiger partial charge < -0.3 is 30.3 Å². The number of carbonyl (C=O) groups excluding carboxylic acids is 4. The minimum Gasteiger partial charge on any atom is -0.444 e. The molecule has 0 radical (unpaired) electrons. The van der Waals surface area contributed by atoms with Crippen LogP contribution < -0.4 is 20.9 Å². The molecule has 10 nitrogen and oxygen atoms in total. The molecule has 3 aromatic carbocycles. The third-order valence-corrected chi connectivity index (χ3v) is 8.96. The number of alkyl carbamates (subject to hydrolysis) is 2. The Kier molecular flexibility index (Phi) is 12.2. The Morgan fingerprint density at radius 1 is 0.796 bits per heavy atom. The summed E-state index contributed by atoms with van der Waals surface area (Å²) in [7, 11) is 0. The van der Waals surface area contributed by atoms with Crippen molar-refractivity contribution in [1.82, 2.24) is 10.6 Å². The molecule has 2 aliphatic rings. The summed E-state index contributed by atoms with van der Waals surface area (Å²) >= 11 is 2.95. The van der Waals surface area contributed by atoms with Gasteiger partial charge in [-0.1, -0.05) is 24.3 Å². The van der Waals surface area contributed by atoms with E-state index in [1.807, 2.05) is 36.4 Å². The lowest BCUT2D eigenvalue weighted by Crippen LogP contribution is -2.50. The van der Waals surface area contributed by atoms with Gasteiger partial charge in [0.1, 0.15) is 34.9 Å². The standard InChI is InChI=1S/C21H22F2N2O3S.C14H18N2O3S/c1-21(2,3)28-20(27)24-16-12-29-18-7-5-4-6-17(18)25(19(16)26)11-13-8-14(22)10-15(23)9-13;1-14(2,3)19-13(18)16-10-8-20-11-7-5-4-6-9(11)15-12(10)17/h4-10,16H,11-12H2,1-3H3,(H,24,27);4-7,10H,8H2,1-3H3,(H,15,17)(H,16,18)/t16-;10-/m00/s1. The van der Waals surface area contributed by atoms with Gasteiger partial charge in [-0.15, -0.1) is 23.5 Å². The fraction of sp³-hybridized carbons (Fsp3) is 0.371. The number of amides is 4. The van der Waals surface area contributed by atoms with Crippen molar-refractivity contribution < 1.29 is 37.4 Å². The second kappa shape index (κ2) is 15.9. The van der Waals surface area contributed by atoms with Crippen LogP contribution in [0.1, 0.15) is 47.1 Å². The molecule has 262 valence electrons. The summed E-state index contributed by atoms with van der Waals surface area (Å²) < 4.78 is 37.7. The van der Waals surface area contributed by atoms with Gasteiger partial charge in [0.05, 0.1) is 17.9 Å². The molecule has 2 aliphatic heterocycles. The molecule has 3 aromatic rings. The molecular weight excluding hydrogens is 675 g/mol. The zero-order chi connectivity index (χ0) is 35.9. The number of hydrogen-bond acceptors (Lipinski definition) is 8. The largest absolute Gasteiger partial charge is 0.444 e. The van der Waals surface area contributed by atoms with E-state index in [-0.39, 0.29) is 18.4 Å². The van der Waals surface area contributed by atoms with Crippen LogP contribution in [0.4, 0.5) is 29.7 Å². The first-order valence-corrected chi connectivity index (χ1v) is 17.4. The fourth-order valence-electron chi connectivity index (χ4n) is 4.68. The fourth-order valence-corrected chi connectivity index (χ4v) is 6.78. The van der Waals surface area contributed by atoms with Crippen LogP contribution in [0.15, 0.2) is 76.5 Å². The van der Waals surface area contributed by atoms with Gasteiger partial charge in [0.2, 0.25) is 5.91 Å².